The van der Waals surface area contributed by atoms with E-state index in [-0.39, 0.29) is 0 Å². The second-order valence-corrected chi connectivity index (χ2v) is 2.48. The highest BCUT2D eigenvalue weighted by Gasteiger charge is 2.00. The van der Waals surface area contributed by atoms with Crippen molar-refractivity contribution in [2.24, 2.45) is 0 Å². The van der Waals surface area contributed by atoms with Gasteiger partial charge < -0.3 is 0 Å². The predicted octanol–water partition coefficient (Wildman–Crippen LogP) is 1.01. The number of hydrogen-bond donors (Lipinski definition) is 1. The van der Waals surface area contributed by atoms with Gasteiger partial charge in [0.25, 0.3) is 0 Å². The summed E-state index contributed by atoms with van der Waals surface area (Å²) in [6.45, 7) is 0. The van der Waals surface area contributed by atoms with Crippen molar-refractivity contribution in [1.29, 1.82) is 0 Å². The maximum absolute atomic E-state index is 10.8. The van der Waals surface area contributed by atoms with Crippen LogP contribution >= 0.6 is 0 Å². The summed E-state index contributed by atoms with van der Waals surface area (Å²) in [5.41, 5.74) is 2.32. The molecule has 0 fully saturated rings. The Labute approximate surface area is 80.2 Å². The number of nitro groups is 1. The van der Waals surface area contributed by atoms with Gasteiger partial charge in [-0.25, -0.2) is 10.1 Å². The van der Waals surface area contributed by atoms with Crippen LogP contribution in [0.15, 0.2) is 36.4 Å². The summed E-state index contributed by atoms with van der Waals surface area (Å²) in [4.78, 5) is 20.6. The standard InChI is InChI=1S/C9H8N2O3/c12-9(10-11(13)14)7-6-8-4-2-1-3-5-8/h1-7H,(H,10,12). The first-order valence-electron chi connectivity index (χ1n) is 3.86. The summed E-state index contributed by atoms with van der Waals surface area (Å²) in [5.74, 6) is -0.751. The van der Waals surface area contributed by atoms with Gasteiger partial charge in [0.15, 0.2) is 5.03 Å². The highest BCUT2D eigenvalue weighted by atomic mass is 16.7. The Balaban J connectivity index is 2.56. The Hall–Kier alpha value is -2.17. The van der Waals surface area contributed by atoms with Crippen LogP contribution in [0.2, 0.25) is 0 Å². The Morgan fingerprint density at radius 3 is 2.57 bits per heavy atom. The van der Waals surface area contributed by atoms with Crippen LogP contribution in [0, 0.1) is 10.1 Å². The van der Waals surface area contributed by atoms with E-state index in [1.165, 1.54) is 11.5 Å². The van der Waals surface area contributed by atoms with Crippen molar-refractivity contribution >= 4 is 12.0 Å². The van der Waals surface area contributed by atoms with Crippen LogP contribution in [-0.2, 0) is 4.79 Å². The molecule has 0 aliphatic heterocycles. The summed E-state index contributed by atoms with van der Waals surface area (Å²) >= 11 is 0. The van der Waals surface area contributed by atoms with Crippen molar-refractivity contribution in [2.75, 3.05) is 0 Å². The van der Waals surface area contributed by atoms with Crippen molar-refractivity contribution < 1.29 is 9.83 Å². The molecule has 72 valence electrons. The van der Waals surface area contributed by atoms with Crippen molar-refractivity contribution in [3.05, 3.63) is 52.1 Å². The number of hydrazine groups is 1. The van der Waals surface area contributed by atoms with Gasteiger partial charge in [-0.3, -0.25) is 4.79 Å². The van der Waals surface area contributed by atoms with E-state index >= 15 is 0 Å². The average Bonchev–Trinajstić information content (AvgIpc) is 2.15. The molecule has 1 aromatic carbocycles. The highest BCUT2D eigenvalue weighted by Crippen LogP contribution is 2.00. The van der Waals surface area contributed by atoms with Gasteiger partial charge in [0.1, 0.15) is 0 Å². The first-order valence-corrected chi connectivity index (χ1v) is 3.86. The number of amides is 1. The maximum Gasteiger partial charge on any atom is 0.303 e. The van der Waals surface area contributed by atoms with E-state index in [1.54, 1.807) is 12.1 Å². The number of carbonyl (C=O) groups is 1. The Morgan fingerprint density at radius 1 is 1.36 bits per heavy atom. The van der Waals surface area contributed by atoms with Crippen LogP contribution in [0.3, 0.4) is 0 Å². The molecule has 0 bridgehead atoms. The molecular weight excluding hydrogens is 184 g/mol. The summed E-state index contributed by atoms with van der Waals surface area (Å²) in [5, 5.41) is 8.97. The molecule has 0 saturated heterocycles. The molecule has 1 rings (SSSR count). The molecule has 0 aliphatic rings. The quantitative estimate of drug-likeness (QED) is 0.441. The first kappa shape index (κ1) is 9.91. The van der Waals surface area contributed by atoms with Gasteiger partial charge in [-0.05, 0) is 11.6 Å². The molecular formula is C9H8N2O3. The summed E-state index contributed by atoms with van der Waals surface area (Å²) < 4.78 is 0. The molecule has 14 heavy (non-hydrogen) atoms. The highest BCUT2D eigenvalue weighted by molar-refractivity contribution is 5.90. The normalized spacial score (nSPS) is 10.0. The zero-order valence-electron chi connectivity index (χ0n) is 7.21. The molecule has 1 amide bonds. The van der Waals surface area contributed by atoms with E-state index in [9.17, 15) is 14.9 Å². The second-order valence-electron chi connectivity index (χ2n) is 2.48. The fourth-order valence-corrected chi connectivity index (χ4v) is 0.863. The zero-order valence-corrected chi connectivity index (χ0v) is 7.21. The number of rotatable bonds is 3. The molecule has 0 spiro atoms. The largest absolute Gasteiger partial charge is 0.303 e. The Bertz CT molecular complexity index is 360. The molecule has 0 aromatic heterocycles. The van der Waals surface area contributed by atoms with Gasteiger partial charge in [0, 0.05) is 6.08 Å². The topological polar surface area (TPSA) is 72.2 Å². The van der Waals surface area contributed by atoms with Gasteiger partial charge in [-0.15, -0.1) is 0 Å². The third-order valence-electron chi connectivity index (χ3n) is 1.43. The zero-order chi connectivity index (χ0) is 10.4. The lowest BCUT2D eigenvalue weighted by molar-refractivity contribution is -0.529. The smallest absolute Gasteiger partial charge is 0.264 e. The molecule has 1 N–H and O–H groups in total. The van der Waals surface area contributed by atoms with Crippen molar-refractivity contribution in [3.63, 3.8) is 0 Å². The van der Waals surface area contributed by atoms with E-state index < -0.39 is 10.9 Å². The lowest BCUT2D eigenvalue weighted by atomic mass is 10.2. The molecule has 5 heteroatoms. The molecule has 0 aliphatic carbocycles. The molecule has 0 unspecified atom stereocenters. The number of carbonyl (C=O) groups excluding carboxylic acids is 1. The molecule has 0 saturated carbocycles. The van der Waals surface area contributed by atoms with Crippen LogP contribution in [0.5, 0.6) is 0 Å². The summed E-state index contributed by atoms with van der Waals surface area (Å²) in [6.07, 6.45) is 2.61. The molecule has 0 radical (unpaired) electrons. The van der Waals surface area contributed by atoms with Crippen molar-refractivity contribution in [2.45, 2.75) is 0 Å². The molecule has 0 atom stereocenters. The SMILES string of the molecule is O=C(C=Cc1ccccc1)N[N+](=O)[O-]. The molecule has 5 nitrogen and oxygen atoms in total. The van der Waals surface area contributed by atoms with Crippen LogP contribution in [0.1, 0.15) is 5.56 Å². The Kier molecular flexibility index (Phi) is 3.37. The third-order valence-corrected chi connectivity index (χ3v) is 1.43. The number of hydrogen-bond acceptors (Lipinski definition) is 3. The Morgan fingerprint density at radius 2 is 2.00 bits per heavy atom. The van der Waals surface area contributed by atoms with Crippen LogP contribution < -0.4 is 5.43 Å². The lowest BCUT2D eigenvalue weighted by Crippen LogP contribution is -2.27. The van der Waals surface area contributed by atoms with Crippen LogP contribution in [-0.4, -0.2) is 10.9 Å². The van der Waals surface area contributed by atoms with Gasteiger partial charge in [0.05, 0.1) is 0 Å². The van der Waals surface area contributed by atoms with Gasteiger partial charge in [-0.2, -0.15) is 0 Å². The fourth-order valence-electron chi connectivity index (χ4n) is 0.863. The van der Waals surface area contributed by atoms with Gasteiger partial charge in [-0.1, -0.05) is 35.8 Å². The maximum atomic E-state index is 10.8. The van der Waals surface area contributed by atoms with E-state index in [0.717, 1.165) is 11.6 Å². The third kappa shape index (κ3) is 3.48. The minimum absolute atomic E-state index is 0.751. The fraction of sp³-hybridized carbons (Fsp3) is 0. The summed E-state index contributed by atoms with van der Waals surface area (Å²) in [7, 11) is 0. The minimum Gasteiger partial charge on any atom is -0.264 e. The molecule has 1 aromatic rings. The average molecular weight is 192 g/mol. The van der Waals surface area contributed by atoms with Crippen LogP contribution in [0.25, 0.3) is 6.08 Å². The van der Waals surface area contributed by atoms with Crippen LogP contribution in [0.4, 0.5) is 0 Å². The van der Waals surface area contributed by atoms with E-state index in [4.69, 9.17) is 0 Å². The second kappa shape index (κ2) is 4.76. The monoisotopic (exact) mass is 192 g/mol. The van der Waals surface area contributed by atoms with Gasteiger partial charge in [0.2, 0.25) is 0 Å². The first-order chi connectivity index (χ1) is 6.68. The van der Waals surface area contributed by atoms with Gasteiger partial charge >= 0.3 is 5.91 Å². The summed E-state index contributed by atoms with van der Waals surface area (Å²) in [6, 6.07) is 9.04. The van der Waals surface area contributed by atoms with E-state index in [1.807, 2.05) is 18.2 Å². The number of nitrogens with one attached hydrogen (secondary N) is 1. The number of benzene rings is 1. The lowest BCUT2D eigenvalue weighted by Gasteiger charge is -1.90. The van der Waals surface area contributed by atoms with E-state index in [0.29, 0.717) is 0 Å². The molecule has 0 heterocycles. The predicted molar refractivity (Wildman–Crippen MR) is 50.6 cm³/mol. The van der Waals surface area contributed by atoms with Crippen molar-refractivity contribution in [1.82, 2.24) is 5.43 Å². The minimum atomic E-state index is -0.891. The number of nitrogens with zero attached hydrogens (tertiary/aromatic N) is 1. The van der Waals surface area contributed by atoms with E-state index in [2.05, 4.69) is 0 Å². The van der Waals surface area contributed by atoms with Crippen molar-refractivity contribution in [3.8, 4) is 0 Å².